The van der Waals surface area contributed by atoms with E-state index < -0.39 is 0 Å². The Bertz CT molecular complexity index is 248. The Kier molecular flexibility index (Phi) is 2.13. The van der Waals surface area contributed by atoms with E-state index in [9.17, 15) is 0 Å². The lowest BCUT2D eigenvalue weighted by atomic mass is 10.4. The molecule has 3 nitrogen and oxygen atoms in total. The molecule has 66 valence electrons. The van der Waals surface area contributed by atoms with Crippen molar-refractivity contribution in [3.63, 3.8) is 0 Å². The topological polar surface area (TPSA) is 21.1 Å². The van der Waals surface area contributed by atoms with Crippen molar-refractivity contribution in [1.29, 1.82) is 0 Å². The van der Waals surface area contributed by atoms with Crippen LogP contribution < -0.4 is 0 Å². The molecule has 0 radical (unpaired) electrons. The van der Waals surface area contributed by atoms with E-state index in [0.29, 0.717) is 0 Å². The summed E-state index contributed by atoms with van der Waals surface area (Å²) in [4.78, 5) is 2.46. The van der Waals surface area contributed by atoms with Gasteiger partial charge in [-0.25, -0.2) is 0 Å². The third-order valence-corrected chi connectivity index (χ3v) is 2.35. The van der Waals surface area contributed by atoms with E-state index in [0.717, 1.165) is 6.54 Å². The molecular weight excluding hydrogens is 150 g/mol. The first-order valence-electron chi connectivity index (χ1n) is 4.55. The summed E-state index contributed by atoms with van der Waals surface area (Å²) in [6, 6.07) is 2.10. The molecule has 0 aliphatic carbocycles. The van der Waals surface area contributed by atoms with E-state index in [-0.39, 0.29) is 0 Å². The van der Waals surface area contributed by atoms with Crippen LogP contribution in [0.15, 0.2) is 12.3 Å². The molecule has 1 saturated heterocycles. The van der Waals surface area contributed by atoms with Crippen LogP contribution in [-0.4, -0.2) is 27.8 Å². The van der Waals surface area contributed by atoms with Gasteiger partial charge in [0.15, 0.2) is 0 Å². The highest BCUT2D eigenvalue weighted by molar-refractivity contribution is 4.98. The Morgan fingerprint density at radius 3 is 2.75 bits per heavy atom. The van der Waals surface area contributed by atoms with Crippen LogP contribution >= 0.6 is 0 Å². The molecule has 2 rings (SSSR count). The molecule has 1 aliphatic rings. The molecule has 12 heavy (non-hydrogen) atoms. The molecule has 3 heteroatoms. The van der Waals surface area contributed by atoms with Gasteiger partial charge in [0.05, 0.1) is 5.69 Å². The van der Waals surface area contributed by atoms with Crippen molar-refractivity contribution in [2.24, 2.45) is 7.05 Å². The number of aryl methyl sites for hydroxylation is 1. The number of likely N-dealkylation sites (tertiary alicyclic amines) is 1. The van der Waals surface area contributed by atoms with E-state index in [1.807, 2.05) is 17.9 Å². The van der Waals surface area contributed by atoms with Crippen molar-refractivity contribution in [2.45, 2.75) is 19.4 Å². The van der Waals surface area contributed by atoms with E-state index in [1.165, 1.54) is 31.6 Å². The average molecular weight is 165 g/mol. The molecule has 0 atom stereocenters. The maximum Gasteiger partial charge on any atom is 0.0764 e. The Hall–Kier alpha value is -0.830. The van der Waals surface area contributed by atoms with Crippen LogP contribution in [0.2, 0.25) is 0 Å². The molecule has 0 N–H and O–H groups in total. The summed E-state index contributed by atoms with van der Waals surface area (Å²) < 4.78 is 1.87. The van der Waals surface area contributed by atoms with Gasteiger partial charge in [-0.1, -0.05) is 0 Å². The summed E-state index contributed by atoms with van der Waals surface area (Å²) in [5.41, 5.74) is 1.19. The van der Waals surface area contributed by atoms with Gasteiger partial charge in [-0.2, -0.15) is 5.10 Å². The minimum absolute atomic E-state index is 1.03. The smallest absolute Gasteiger partial charge is 0.0764 e. The van der Waals surface area contributed by atoms with Crippen LogP contribution in [0.5, 0.6) is 0 Å². The van der Waals surface area contributed by atoms with Crippen LogP contribution in [-0.2, 0) is 13.6 Å². The molecule has 0 amide bonds. The summed E-state index contributed by atoms with van der Waals surface area (Å²) in [5.74, 6) is 0. The van der Waals surface area contributed by atoms with Gasteiger partial charge >= 0.3 is 0 Å². The predicted molar refractivity (Wildman–Crippen MR) is 47.7 cm³/mol. The first-order chi connectivity index (χ1) is 5.84. The first-order valence-corrected chi connectivity index (χ1v) is 4.55. The third-order valence-electron chi connectivity index (χ3n) is 2.35. The van der Waals surface area contributed by atoms with Crippen molar-refractivity contribution in [3.05, 3.63) is 18.0 Å². The summed E-state index contributed by atoms with van der Waals surface area (Å²) in [7, 11) is 1.97. The maximum absolute atomic E-state index is 4.35. The zero-order chi connectivity index (χ0) is 8.39. The molecule has 0 bridgehead atoms. The van der Waals surface area contributed by atoms with Crippen LogP contribution in [0.4, 0.5) is 0 Å². The number of nitrogens with zero attached hydrogens (tertiary/aromatic N) is 3. The van der Waals surface area contributed by atoms with Gasteiger partial charge in [0.25, 0.3) is 0 Å². The van der Waals surface area contributed by atoms with E-state index in [2.05, 4.69) is 16.1 Å². The maximum atomic E-state index is 4.35. The SMILES string of the molecule is Cn1ccc(CN2CCCC2)n1. The van der Waals surface area contributed by atoms with Gasteiger partial charge in [0.1, 0.15) is 0 Å². The monoisotopic (exact) mass is 165 g/mol. The highest BCUT2D eigenvalue weighted by Crippen LogP contribution is 2.10. The van der Waals surface area contributed by atoms with Gasteiger partial charge < -0.3 is 0 Å². The zero-order valence-electron chi connectivity index (χ0n) is 7.53. The van der Waals surface area contributed by atoms with Crippen molar-refractivity contribution in [1.82, 2.24) is 14.7 Å². The van der Waals surface area contributed by atoms with Crippen molar-refractivity contribution < 1.29 is 0 Å². The van der Waals surface area contributed by atoms with Crippen LogP contribution in [0.1, 0.15) is 18.5 Å². The predicted octanol–water partition coefficient (Wildman–Crippen LogP) is 1.02. The minimum Gasteiger partial charge on any atom is -0.297 e. The second-order valence-electron chi connectivity index (χ2n) is 3.46. The summed E-state index contributed by atoms with van der Waals surface area (Å²) >= 11 is 0. The van der Waals surface area contributed by atoms with Crippen molar-refractivity contribution >= 4 is 0 Å². The van der Waals surface area contributed by atoms with Gasteiger partial charge in [0.2, 0.25) is 0 Å². The normalized spacial score (nSPS) is 18.8. The second kappa shape index (κ2) is 3.27. The fraction of sp³-hybridized carbons (Fsp3) is 0.667. The van der Waals surface area contributed by atoms with Gasteiger partial charge in [0, 0.05) is 19.8 Å². The minimum atomic E-state index is 1.03. The van der Waals surface area contributed by atoms with E-state index >= 15 is 0 Å². The van der Waals surface area contributed by atoms with E-state index in [4.69, 9.17) is 0 Å². The van der Waals surface area contributed by atoms with Crippen molar-refractivity contribution in [3.8, 4) is 0 Å². The molecule has 2 heterocycles. The number of aromatic nitrogens is 2. The Morgan fingerprint density at radius 1 is 1.42 bits per heavy atom. The lowest BCUT2D eigenvalue weighted by molar-refractivity contribution is 0.326. The number of hydrogen-bond donors (Lipinski definition) is 0. The largest absolute Gasteiger partial charge is 0.297 e. The second-order valence-corrected chi connectivity index (χ2v) is 3.46. The molecule has 1 fully saturated rings. The number of hydrogen-bond acceptors (Lipinski definition) is 2. The fourth-order valence-corrected chi connectivity index (χ4v) is 1.72. The molecule has 0 unspecified atom stereocenters. The Labute approximate surface area is 73.0 Å². The molecular formula is C9H15N3. The molecule has 1 aromatic rings. The lowest BCUT2D eigenvalue weighted by Crippen LogP contribution is -2.18. The van der Waals surface area contributed by atoms with Gasteiger partial charge in [-0.05, 0) is 32.0 Å². The first kappa shape index (κ1) is 7.80. The molecule has 0 saturated carbocycles. The highest BCUT2D eigenvalue weighted by atomic mass is 15.3. The Balaban J connectivity index is 1.94. The number of rotatable bonds is 2. The Morgan fingerprint density at radius 2 is 2.17 bits per heavy atom. The standard InChI is InChI=1S/C9H15N3/c1-11-7-4-9(10-11)8-12-5-2-3-6-12/h4,7H,2-3,5-6,8H2,1H3. The van der Waals surface area contributed by atoms with Crippen LogP contribution in [0.3, 0.4) is 0 Å². The highest BCUT2D eigenvalue weighted by Gasteiger charge is 2.12. The van der Waals surface area contributed by atoms with Crippen LogP contribution in [0, 0.1) is 0 Å². The van der Waals surface area contributed by atoms with Gasteiger partial charge in [-0.15, -0.1) is 0 Å². The average Bonchev–Trinajstić information content (AvgIpc) is 2.63. The third kappa shape index (κ3) is 1.67. The molecule has 0 aromatic carbocycles. The van der Waals surface area contributed by atoms with Crippen molar-refractivity contribution in [2.75, 3.05) is 13.1 Å². The quantitative estimate of drug-likeness (QED) is 0.652. The molecule has 0 spiro atoms. The molecule has 1 aliphatic heterocycles. The summed E-state index contributed by atoms with van der Waals surface area (Å²) in [6.45, 7) is 3.52. The van der Waals surface area contributed by atoms with E-state index in [1.54, 1.807) is 0 Å². The summed E-state index contributed by atoms with van der Waals surface area (Å²) in [5, 5.41) is 4.35. The van der Waals surface area contributed by atoms with Crippen LogP contribution in [0.25, 0.3) is 0 Å². The van der Waals surface area contributed by atoms with Gasteiger partial charge in [-0.3, -0.25) is 9.58 Å². The zero-order valence-corrected chi connectivity index (χ0v) is 7.53. The molecule has 1 aromatic heterocycles. The fourth-order valence-electron chi connectivity index (χ4n) is 1.72. The summed E-state index contributed by atoms with van der Waals surface area (Å²) in [6.07, 6.45) is 4.71. The lowest BCUT2D eigenvalue weighted by Gasteiger charge is -2.11.